The summed E-state index contributed by atoms with van der Waals surface area (Å²) in [5.41, 5.74) is 1.70. The molecular formula is C16H13ClFNO3S2. The van der Waals surface area contributed by atoms with Crippen LogP contribution in [0, 0.1) is 5.82 Å². The molecule has 2 aromatic carbocycles. The van der Waals surface area contributed by atoms with Gasteiger partial charge in [-0.05, 0) is 42.3 Å². The van der Waals surface area contributed by atoms with E-state index in [9.17, 15) is 17.6 Å². The molecule has 0 heterocycles. The molecule has 4 nitrogen and oxygen atoms in total. The van der Waals surface area contributed by atoms with Gasteiger partial charge in [-0.2, -0.15) is 0 Å². The van der Waals surface area contributed by atoms with Crippen LogP contribution in [0.25, 0.3) is 0 Å². The molecule has 0 bridgehead atoms. The van der Waals surface area contributed by atoms with Crippen LogP contribution in [0.15, 0.2) is 40.1 Å². The average Bonchev–Trinajstić information content (AvgIpc) is 2.81. The van der Waals surface area contributed by atoms with Crippen molar-refractivity contribution in [2.75, 3.05) is 11.0 Å². The largest absolute Gasteiger partial charge is 0.294 e. The minimum Gasteiger partial charge on any atom is -0.294 e. The molecule has 0 atom stereocenters. The average molecular weight is 386 g/mol. The normalized spacial score (nSPS) is 13.9. The van der Waals surface area contributed by atoms with Crippen LogP contribution in [0.3, 0.4) is 0 Å². The van der Waals surface area contributed by atoms with Gasteiger partial charge in [0.1, 0.15) is 5.82 Å². The number of benzene rings is 2. The highest BCUT2D eigenvalue weighted by atomic mass is 35.5. The number of fused-ring (bicyclic) bond motifs is 1. The summed E-state index contributed by atoms with van der Waals surface area (Å²) in [5, 5.41) is 0.274. The maximum atomic E-state index is 14.0. The second kappa shape index (κ2) is 6.38. The number of sulfonamides is 1. The van der Waals surface area contributed by atoms with Crippen molar-refractivity contribution in [2.45, 2.75) is 22.6 Å². The second-order valence-electron chi connectivity index (χ2n) is 5.48. The predicted octanol–water partition coefficient (Wildman–Crippen LogP) is 4.13. The number of hydrogen-bond acceptors (Lipinski definition) is 4. The molecule has 0 amide bonds. The first kappa shape index (κ1) is 17.3. The van der Waals surface area contributed by atoms with E-state index in [0.29, 0.717) is 33.9 Å². The maximum Gasteiger partial charge on any atom is 0.229 e. The highest BCUT2D eigenvalue weighted by Crippen LogP contribution is 2.39. The van der Waals surface area contributed by atoms with E-state index in [0.717, 1.165) is 23.6 Å². The number of ketones is 1. The molecule has 1 N–H and O–H groups in total. The summed E-state index contributed by atoms with van der Waals surface area (Å²) >= 11 is 6.79. The zero-order valence-corrected chi connectivity index (χ0v) is 15.0. The Morgan fingerprint density at radius 3 is 2.58 bits per heavy atom. The molecule has 2 aromatic rings. The third kappa shape index (κ3) is 3.74. The molecule has 0 saturated carbocycles. The van der Waals surface area contributed by atoms with Crippen LogP contribution in [0.4, 0.5) is 10.1 Å². The first-order valence-electron chi connectivity index (χ1n) is 7.04. The summed E-state index contributed by atoms with van der Waals surface area (Å²) in [6.45, 7) is 0. The van der Waals surface area contributed by atoms with Gasteiger partial charge in [-0.25, -0.2) is 12.8 Å². The van der Waals surface area contributed by atoms with Gasteiger partial charge < -0.3 is 0 Å². The van der Waals surface area contributed by atoms with Crippen molar-refractivity contribution in [1.82, 2.24) is 0 Å². The Labute approximate surface area is 148 Å². The minimum absolute atomic E-state index is 0.00864. The van der Waals surface area contributed by atoms with E-state index in [1.165, 1.54) is 12.1 Å². The van der Waals surface area contributed by atoms with E-state index in [1.807, 2.05) is 0 Å². The van der Waals surface area contributed by atoms with Gasteiger partial charge in [0, 0.05) is 26.8 Å². The summed E-state index contributed by atoms with van der Waals surface area (Å²) < 4.78 is 39.7. The first-order chi connectivity index (χ1) is 11.2. The number of hydrogen-bond donors (Lipinski definition) is 1. The summed E-state index contributed by atoms with van der Waals surface area (Å²) in [7, 11) is -3.50. The summed E-state index contributed by atoms with van der Waals surface area (Å²) in [6, 6.07) is 7.52. The van der Waals surface area contributed by atoms with Crippen molar-refractivity contribution < 1.29 is 17.6 Å². The first-order valence-corrected chi connectivity index (χ1v) is 10.1. The fourth-order valence-electron chi connectivity index (χ4n) is 2.51. The van der Waals surface area contributed by atoms with Gasteiger partial charge in [0.05, 0.1) is 11.9 Å². The predicted molar refractivity (Wildman–Crippen MR) is 93.1 cm³/mol. The van der Waals surface area contributed by atoms with E-state index in [4.69, 9.17) is 11.6 Å². The molecule has 1 aliphatic rings. The fraction of sp³-hybridized carbons (Fsp3) is 0.188. The van der Waals surface area contributed by atoms with Crippen LogP contribution in [0.1, 0.15) is 22.3 Å². The lowest BCUT2D eigenvalue weighted by Crippen LogP contribution is -2.11. The van der Waals surface area contributed by atoms with Crippen LogP contribution in [-0.4, -0.2) is 20.5 Å². The lowest BCUT2D eigenvalue weighted by atomic mass is 10.1. The lowest BCUT2D eigenvalue weighted by Gasteiger charge is -2.13. The minimum atomic E-state index is -3.50. The number of rotatable bonds is 4. The van der Waals surface area contributed by atoms with E-state index < -0.39 is 15.8 Å². The Hall–Kier alpha value is -1.57. The number of Topliss-reactive ketones (excluding diaryl/α,β-unsaturated/α-hetero) is 1. The SMILES string of the molecule is CS(=O)(=O)Nc1cc2c(cc1Sc1ccc(Cl)cc1F)C(=O)CC2. The molecular weight excluding hydrogens is 373 g/mol. The van der Waals surface area contributed by atoms with Crippen LogP contribution in [-0.2, 0) is 16.4 Å². The van der Waals surface area contributed by atoms with Gasteiger partial charge in [-0.15, -0.1) is 0 Å². The number of aryl methyl sites for hydroxylation is 1. The highest BCUT2D eigenvalue weighted by molar-refractivity contribution is 7.99. The number of halogens is 2. The van der Waals surface area contributed by atoms with Crippen molar-refractivity contribution in [3.05, 3.63) is 52.3 Å². The van der Waals surface area contributed by atoms with Gasteiger partial charge in [0.2, 0.25) is 10.0 Å². The van der Waals surface area contributed by atoms with Gasteiger partial charge in [-0.3, -0.25) is 9.52 Å². The molecule has 0 radical (unpaired) electrons. The van der Waals surface area contributed by atoms with Gasteiger partial charge in [-0.1, -0.05) is 23.4 Å². The summed E-state index contributed by atoms with van der Waals surface area (Å²) in [4.78, 5) is 12.7. The third-order valence-electron chi connectivity index (χ3n) is 3.54. The molecule has 8 heteroatoms. The van der Waals surface area contributed by atoms with Crippen molar-refractivity contribution in [1.29, 1.82) is 0 Å². The number of carbonyl (C=O) groups excluding carboxylic acids is 1. The van der Waals surface area contributed by atoms with Crippen LogP contribution in [0.5, 0.6) is 0 Å². The summed E-state index contributed by atoms with van der Waals surface area (Å²) in [5.74, 6) is -0.501. The van der Waals surface area contributed by atoms with Crippen LogP contribution in [0.2, 0.25) is 5.02 Å². The fourth-order valence-corrected chi connectivity index (χ4v) is 4.23. The van der Waals surface area contributed by atoms with Crippen molar-refractivity contribution in [2.24, 2.45) is 0 Å². The monoisotopic (exact) mass is 385 g/mol. The highest BCUT2D eigenvalue weighted by Gasteiger charge is 2.23. The number of carbonyl (C=O) groups is 1. The molecule has 1 aliphatic carbocycles. The maximum absolute atomic E-state index is 14.0. The molecule has 0 aromatic heterocycles. The van der Waals surface area contributed by atoms with Crippen LogP contribution >= 0.6 is 23.4 Å². The molecule has 126 valence electrons. The van der Waals surface area contributed by atoms with Crippen molar-refractivity contribution in [3.8, 4) is 0 Å². The summed E-state index contributed by atoms with van der Waals surface area (Å²) in [6.07, 6.45) is 2.02. The zero-order valence-electron chi connectivity index (χ0n) is 12.6. The van der Waals surface area contributed by atoms with Crippen LogP contribution < -0.4 is 4.72 Å². The molecule has 0 spiro atoms. The van der Waals surface area contributed by atoms with E-state index in [-0.39, 0.29) is 10.8 Å². The Balaban J connectivity index is 2.07. The number of anilines is 1. The quantitative estimate of drug-likeness (QED) is 0.859. The molecule has 0 unspecified atom stereocenters. The molecule has 0 aliphatic heterocycles. The Kier molecular flexibility index (Phi) is 4.59. The molecule has 0 saturated heterocycles. The Morgan fingerprint density at radius 2 is 1.92 bits per heavy atom. The van der Waals surface area contributed by atoms with Gasteiger partial charge >= 0.3 is 0 Å². The van der Waals surface area contributed by atoms with E-state index in [2.05, 4.69) is 4.72 Å². The molecule has 24 heavy (non-hydrogen) atoms. The van der Waals surface area contributed by atoms with Gasteiger partial charge in [0.15, 0.2) is 5.78 Å². The molecule has 0 fully saturated rings. The molecule has 3 rings (SSSR count). The topological polar surface area (TPSA) is 63.2 Å². The van der Waals surface area contributed by atoms with Crippen molar-refractivity contribution >= 4 is 44.9 Å². The van der Waals surface area contributed by atoms with E-state index >= 15 is 0 Å². The Bertz CT molecular complexity index is 945. The second-order valence-corrected chi connectivity index (χ2v) is 8.75. The van der Waals surface area contributed by atoms with E-state index in [1.54, 1.807) is 18.2 Å². The Morgan fingerprint density at radius 1 is 1.17 bits per heavy atom. The zero-order chi connectivity index (χ0) is 17.5. The smallest absolute Gasteiger partial charge is 0.229 e. The standard InChI is InChI=1S/C16H13ClFNO3S2/c1-24(21,22)19-13-6-9-2-4-14(20)11(9)8-16(13)23-15-5-3-10(17)7-12(15)18/h3,5-8,19H,2,4H2,1H3. The third-order valence-corrected chi connectivity index (χ3v) is 5.47. The van der Waals surface area contributed by atoms with Crippen molar-refractivity contribution in [3.63, 3.8) is 0 Å². The number of nitrogens with one attached hydrogen (secondary N) is 1. The van der Waals surface area contributed by atoms with Gasteiger partial charge in [0.25, 0.3) is 0 Å². The lowest BCUT2D eigenvalue weighted by molar-refractivity contribution is 0.0994.